The number of carbonyl (C=O) groups is 1. The molecule has 0 spiro atoms. The summed E-state index contributed by atoms with van der Waals surface area (Å²) in [5, 5.41) is 14.1. The van der Waals surface area contributed by atoms with E-state index in [1.54, 1.807) is 29.8 Å². The Hall–Kier alpha value is -1.24. The quantitative estimate of drug-likeness (QED) is 0.788. The summed E-state index contributed by atoms with van der Waals surface area (Å²) < 4.78 is 0.784. The highest BCUT2D eigenvalue weighted by atomic mass is 79.9. The van der Waals surface area contributed by atoms with E-state index in [0.29, 0.717) is 12.1 Å². The number of aliphatic hydroxyl groups excluding tert-OH is 1. The normalized spacial score (nSPS) is 12.1. The first-order valence-corrected chi connectivity index (χ1v) is 8.41. The summed E-state index contributed by atoms with van der Waals surface area (Å²) in [7, 11) is 0. The molecule has 1 amide bonds. The highest BCUT2D eigenvalue weighted by molar-refractivity contribution is 9.10. The second-order valence-electron chi connectivity index (χ2n) is 4.66. The predicted octanol–water partition coefficient (Wildman–Crippen LogP) is 3.19. The number of hydrogen-bond donors (Lipinski definition) is 2. The summed E-state index contributed by atoms with van der Waals surface area (Å²) in [5.41, 5.74) is 0.541. The second-order valence-corrected chi connectivity index (χ2v) is 6.56. The van der Waals surface area contributed by atoms with Gasteiger partial charge < -0.3 is 10.4 Å². The molecule has 0 aromatic carbocycles. The van der Waals surface area contributed by atoms with E-state index in [0.717, 1.165) is 17.3 Å². The zero-order valence-corrected chi connectivity index (χ0v) is 13.9. The number of pyridine rings is 1. The van der Waals surface area contributed by atoms with Crippen LogP contribution in [-0.2, 0) is 0 Å². The summed E-state index contributed by atoms with van der Waals surface area (Å²) in [6.07, 6.45) is 4.72. The Bertz CT molecular complexity index is 575. The van der Waals surface area contributed by atoms with Crippen LogP contribution in [0.4, 0.5) is 0 Å². The summed E-state index contributed by atoms with van der Waals surface area (Å²) in [6.45, 7) is 0.736. The zero-order chi connectivity index (χ0) is 15.1. The van der Waals surface area contributed by atoms with Gasteiger partial charge in [0.15, 0.2) is 0 Å². The Morgan fingerprint density at radius 2 is 2.29 bits per heavy atom. The van der Waals surface area contributed by atoms with Crippen LogP contribution in [0, 0.1) is 0 Å². The Morgan fingerprint density at radius 1 is 1.43 bits per heavy atom. The van der Waals surface area contributed by atoms with Crippen molar-refractivity contribution in [3.05, 3.63) is 50.9 Å². The molecule has 112 valence electrons. The van der Waals surface area contributed by atoms with Crippen molar-refractivity contribution in [2.24, 2.45) is 0 Å². The largest absolute Gasteiger partial charge is 0.396 e. The molecule has 0 bridgehead atoms. The van der Waals surface area contributed by atoms with E-state index in [4.69, 9.17) is 5.11 Å². The molecule has 21 heavy (non-hydrogen) atoms. The minimum absolute atomic E-state index is 0.127. The fraction of sp³-hybridized carbons (Fsp3) is 0.333. The van der Waals surface area contributed by atoms with E-state index in [-0.39, 0.29) is 18.4 Å². The molecule has 0 aliphatic rings. The fourth-order valence-corrected chi connectivity index (χ4v) is 3.37. The number of carbonyl (C=O) groups excluding carboxylic acids is 1. The molecule has 2 rings (SSSR count). The Labute approximate surface area is 136 Å². The third kappa shape index (κ3) is 4.91. The van der Waals surface area contributed by atoms with Crippen LogP contribution >= 0.6 is 27.3 Å². The number of amides is 1. The van der Waals surface area contributed by atoms with Gasteiger partial charge in [-0.15, -0.1) is 11.3 Å². The van der Waals surface area contributed by atoms with Crippen molar-refractivity contribution in [2.75, 3.05) is 13.2 Å². The van der Waals surface area contributed by atoms with Gasteiger partial charge in [-0.1, -0.05) is 6.07 Å². The van der Waals surface area contributed by atoms with E-state index in [9.17, 15) is 4.79 Å². The third-order valence-corrected chi connectivity index (χ3v) is 4.64. The number of nitrogens with one attached hydrogen (secondary N) is 1. The number of rotatable bonds is 7. The fourth-order valence-electron chi connectivity index (χ4n) is 2.11. The van der Waals surface area contributed by atoms with Gasteiger partial charge in [0.1, 0.15) is 0 Å². The topological polar surface area (TPSA) is 62.2 Å². The molecule has 0 saturated heterocycles. The Balaban J connectivity index is 1.86. The number of aromatic nitrogens is 1. The lowest BCUT2D eigenvalue weighted by molar-refractivity contribution is 0.0952. The van der Waals surface area contributed by atoms with Crippen molar-refractivity contribution in [1.82, 2.24) is 10.3 Å². The van der Waals surface area contributed by atoms with Crippen LogP contribution in [0.15, 0.2) is 40.4 Å². The average Bonchev–Trinajstić information content (AvgIpc) is 3.00. The van der Waals surface area contributed by atoms with Crippen LogP contribution in [0.5, 0.6) is 0 Å². The van der Waals surface area contributed by atoms with Crippen molar-refractivity contribution in [3.8, 4) is 0 Å². The van der Waals surface area contributed by atoms with Crippen LogP contribution in [0.1, 0.15) is 34.0 Å². The van der Waals surface area contributed by atoms with Crippen LogP contribution in [0.3, 0.4) is 0 Å². The first-order chi connectivity index (χ1) is 10.2. The van der Waals surface area contributed by atoms with Crippen molar-refractivity contribution in [2.45, 2.75) is 18.8 Å². The monoisotopic (exact) mass is 368 g/mol. The standard InChI is InChI=1S/C15H17BrN2O2S/c16-13-8-12(9-17-10-13)15(20)18-5-3-11(4-6-19)14-2-1-7-21-14/h1-2,7-11,19H,3-6H2,(H,18,20)/t11-/m1/s1. The molecule has 0 radical (unpaired) electrons. The van der Waals surface area contributed by atoms with Crippen molar-refractivity contribution in [1.29, 1.82) is 0 Å². The molecule has 2 N–H and O–H groups in total. The van der Waals surface area contributed by atoms with E-state index in [2.05, 4.69) is 32.3 Å². The van der Waals surface area contributed by atoms with Gasteiger partial charge in [0.25, 0.3) is 5.91 Å². The number of hydrogen-bond acceptors (Lipinski definition) is 4. The maximum absolute atomic E-state index is 12.0. The predicted molar refractivity (Wildman–Crippen MR) is 87.7 cm³/mol. The first kappa shape index (κ1) is 16.1. The maximum Gasteiger partial charge on any atom is 0.252 e. The molecule has 0 saturated carbocycles. The molecule has 2 aromatic heterocycles. The highest BCUT2D eigenvalue weighted by Crippen LogP contribution is 2.26. The zero-order valence-electron chi connectivity index (χ0n) is 11.5. The van der Waals surface area contributed by atoms with Gasteiger partial charge in [0.2, 0.25) is 0 Å². The number of thiophene rings is 1. The number of aliphatic hydroxyl groups is 1. The Morgan fingerprint density at radius 3 is 2.95 bits per heavy atom. The van der Waals surface area contributed by atoms with E-state index < -0.39 is 0 Å². The van der Waals surface area contributed by atoms with E-state index in [1.807, 2.05) is 11.4 Å². The summed E-state index contributed by atoms with van der Waals surface area (Å²) in [6, 6.07) is 5.83. The SMILES string of the molecule is O=C(NCC[C@H](CCO)c1cccs1)c1cncc(Br)c1. The van der Waals surface area contributed by atoms with Crippen LogP contribution in [-0.4, -0.2) is 29.1 Å². The summed E-state index contributed by atoms with van der Waals surface area (Å²) in [5.74, 6) is 0.161. The van der Waals surface area contributed by atoms with Gasteiger partial charge in [0, 0.05) is 34.9 Å². The van der Waals surface area contributed by atoms with Crippen LogP contribution < -0.4 is 5.32 Å². The number of nitrogens with zero attached hydrogens (tertiary/aromatic N) is 1. The van der Waals surface area contributed by atoms with Crippen LogP contribution in [0.25, 0.3) is 0 Å². The lowest BCUT2D eigenvalue weighted by Crippen LogP contribution is -2.25. The second kappa shape index (κ2) is 8.26. The smallest absolute Gasteiger partial charge is 0.252 e. The third-order valence-electron chi connectivity index (χ3n) is 3.17. The molecule has 2 heterocycles. The van der Waals surface area contributed by atoms with Gasteiger partial charge in [-0.05, 0) is 52.2 Å². The van der Waals surface area contributed by atoms with Gasteiger partial charge in [-0.2, -0.15) is 0 Å². The molecular weight excluding hydrogens is 352 g/mol. The molecule has 1 atom stereocenters. The first-order valence-electron chi connectivity index (χ1n) is 6.73. The lowest BCUT2D eigenvalue weighted by atomic mass is 10.00. The minimum Gasteiger partial charge on any atom is -0.396 e. The summed E-state index contributed by atoms with van der Waals surface area (Å²) in [4.78, 5) is 17.2. The van der Waals surface area contributed by atoms with Gasteiger partial charge in [-0.3, -0.25) is 9.78 Å². The summed E-state index contributed by atoms with van der Waals surface area (Å²) >= 11 is 4.99. The molecule has 2 aromatic rings. The molecule has 0 unspecified atom stereocenters. The number of halogens is 1. The van der Waals surface area contributed by atoms with E-state index >= 15 is 0 Å². The molecule has 4 nitrogen and oxygen atoms in total. The molecule has 0 fully saturated rings. The molecule has 0 aliphatic heterocycles. The maximum atomic E-state index is 12.0. The van der Waals surface area contributed by atoms with Gasteiger partial charge in [0.05, 0.1) is 5.56 Å². The van der Waals surface area contributed by atoms with E-state index in [1.165, 1.54) is 4.88 Å². The molecule has 0 aliphatic carbocycles. The Kier molecular flexibility index (Phi) is 6.35. The van der Waals surface area contributed by atoms with Crippen molar-refractivity contribution < 1.29 is 9.90 Å². The average molecular weight is 369 g/mol. The van der Waals surface area contributed by atoms with Crippen molar-refractivity contribution in [3.63, 3.8) is 0 Å². The lowest BCUT2D eigenvalue weighted by Gasteiger charge is -2.14. The minimum atomic E-state index is -0.127. The van der Waals surface area contributed by atoms with Crippen LogP contribution in [0.2, 0.25) is 0 Å². The van der Waals surface area contributed by atoms with Gasteiger partial charge >= 0.3 is 0 Å². The van der Waals surface area contributed by atoms with Gasteiger partial charge in [-0.25, -0.2) is 0 Å². The molecular formula is C15H17BrN2O2S. The van der Waals surface area contributed by atoms with Crippen molar-refractivity contribution >= 4 is 33.2 Å². The molecule has 6 heteroatoms. The highest BCUT2D eigenvalue weighted by Gasteiger charge is 2.13.